The van der Waals surface area contributed by atoms with Crippen LogP contribution >= 0.6 is 22.6 Å². The highest BCUT2D eigenvalue weighted by Gasteiger charge is 2.24. The lowest BCUT2D eigenvalue weighted by atomic mass is 10.1. The van der Waals surface area contributed by atoms with E-state index in [1.165, 1.54) is 5.57 Å². The average Bonchev–Trinajstić information content (AvgIpc) is 2.49. The molecule has 0 bridgehead atoms. The molecule has 2 nitrogen and oxygen atoms in total. The van der Waals surface area contributed by atoms with Crippen molar-refractivity contribution < 1.29 is 9.16 Å². The summed E-state index contributed by atoms with van der Waals surface area (Å²) in [6.45, 7) is 8.63. The van der Waals surface area contributed by atoms with Crippen LogP contribution in [0.2, 0.25) is 19.6 Å². The summed E-state index contributed by atoms with van der Waals surface area (Å²) in [6.07, 6.45) is 4.32. The first kappa shape index (κ1) is 13.1. The van der Waals surface area contributed by atoms with Crippen LogP contribution in [0.25, 0.3) is 0 Å². The predicted molar refractivity (Wildman–Crippen MR) is 74.4 cm³/mol. The summed E-state index contributed by atoms with van der Waals surface area (Å²) in [5.41, 5.74) is 1.36. The quantitative estimate of drug-likeness (QED) is 0.565. The zero-order valence-corrected chi connectivity index (χ0v) is 13.0. The van der Waals surface area contributed by atoms with Crippen molar-refractivity contribution in [3.63, 3.8) is 0 Å². The number of ether oxygens (including phenoxy) is 1. The molecule has 0 aromatic rings. The van der Waals surface area contributed by atoms with Gasteiger partial charge in [0.1, 0.15) is 6.10 Å². The second-order valence-electron chi connectivity index (χ2n) is 4.87. The molecule has 1 heterocycles. The maximum atomic E-state index is 5.80. The van der Waals surface area contributed by atoms with E-state index < -0.39 is 8.32 Å². The zero-order chi connectivity index (χ0) is 11.5. The van der Waals surface area contributed by atoms with Crippen LogP contribution in [0, 0.1) is 0 Å². The third-order valence-corrected chi connectivity index (χ3v) is 3.85. The first-order valence-corrected chi connectivity index (χ1v) is 9.88. The minimum Gasteiger partial charge on any atom is -0.520 e. The number of hydrogen-bond acceptors (Lipinski definition) is 2. The van der Waals surface area contributed by atoms with Gasteiger partial charge in [-0.3, -0.25) is 0 Å². The highest BCUT2D eigenvalue weighted by atomic mass is 127. The lowest BCUT2D eigenvalue weighted by molar-refractivity contribution is 0.0660. The lowest BCUT2D eigenvalue weighted by Crippen LogP contribution is -2.25. The van der Waals surface area contributed by atoms with Crippen molar-refractivity contribution in [2.45, 2.75) is 45.5 Å². The molecule has 0 radical (unpaired) electrons. The van der Waals surface area contributed by atoms with Crippen LogP contribution in [0.5, 0.6) is 0 Å². The Balaban J connectivity index is 2.38. The van der Waals surface area contributed by atoms with E-state index in [-0.39, 0.29) is 6.10 Å². The monoisotopic (exact) mass is 338 g/mol. The van der Waals surface area contributed by atoms with Gasteiger partial charge in [-0.05, 0) is 36.7 Å². The van der Waals surface area contributed by atoms with E-state index in [2.05, 4.69) is 59.3 Å². The van der Waals surface area contributed by atoms with Crippen molar-refractivity contribution in [1.29, 1.82) is 0 Å². The molecule has 0 fully saturated rings. The normalized spacial score (nSPS) is 22.3. The fourth-order valence-corrected chi connectivity index (χ4v) is 2.37. The van der Waals surface area contributed by atoms with Crippen molar-refractivity contribution in [2.75, 3.05) is 0 Å². The molecule has 1 aliphatic heterocycles. The van der Waals surface area contributed by atoms with Crippen molar-refractivity contribution >= 4 is 30.9 Å². The van der Waals surface area contributed by atoms with Crippen molar-refractivity contribution in [3.05, 3.63) is 21.7 Å². The minimum absolute atomic E-state index is 0.280. The summed E-state index contributed by atoms with van der Waals surface area (Å²) >= 11 is 2.27. The van der Waals surface area contributed by atoms with Crippen molar-refractivity contribution in [3.8, 4) is 0 Å². The third kappa shape index (κ3) is 5.06. The fourth-order valence-electron chi connectivity index (χ4n) is 1.38. The molecule has 15 heavy (non-hydrogen) atoms. The van der Waals surface area contributed by atoms with E-state index in [9.17, 15) is 0 Å². The molecule has 0 aliphatic carbocycles. The highest BCUT2D eigenvalue weighted by Crippen LogP contribution is 2.25. The maximum absolute atomic E-state index is 5.80. The zero-order valence-electron chi connectivity index (χ0n) is 9.84. The Bertz CT molecular complexity index is 279. The summed E-state index contributed by atoms with van der Waals surface area (Å²) in [6, 6.07) is 0. The molecule has 1 aliphatic rings. The second-order valence-corrected chi connectivity index (χ2v) is 9.92. The summed E-state index contributed by atoms with van der Waals surface area (Å²) in [4.78, 5) is 0. The number of halogens is 1. The van der Waals surface area contributed by atoms with Gasteiger partial charge in [-0.2, -0.15) is 0 Å². The topological polar surface area (TPSA) is 18.5 Å². The summed E-state index contributed by atoms with van der Waals surface area (Å²) in [7, 11) is -1.51. The van der Waals surface area contributed by atoms with Crippen molar-refractivity contribution in [1.82, 2.24) is 0 Å². The molecule has 1 atom stereocenters. The molecule has 0 aromatic carbocycles. The van der Waals surface area contributed by atoms with E-state index >= 15 is 0 Å². The predicted octanol–water partition coefficient (Wildman–Crippen LogP) is 4.20. The maximum Gasteiger partial charge on any atom is 0.261 e. The van der Waals surface area contributed by atoms with Gasteiger partial charge in [0.25, 0.3) is 5.95 Å². The molecule has 0 N–H and O–H groups in total. The van der Waals surface area contributed by atoms with Crippen molar-refractivity contribution in [2.24, 2.45) is 0 Å². The Labute approximate surface area is 107 Å². The lowest BCUT2D eigenvalue weighted by Gasteiger charge is -2.21. The first-order chi connectivity index (χ1) is 6.90. The molecule has 0 spiro atoms. The van der Waals surface area contributed by atoms with Crippen LogP contribution in [0.4, 0.5) is 0 Å². The molecule has 0 amide bonds. The molecule has 86 valence electrons. The third-order valence-electron chi connectivity index (χ3n) is 1.97. The average molecular weight is 338 g/mol. The van der Waals surface area contributed by atoms with Crippen LogP contribution in [-0.4, -0.2) is 14.4 Å². The summed E-state index contributed by atoms with van der Waals surface area (Å²) in [5, 5.41) is 0. The first-order valence-electron chi connectivity index (χ1n) is 5.22. The van der Waals surface area contributed by atoms with Gasteiger partial charge >= 0.3 is 0 Å². The number of hydrogen-bond donors (Lipinski definition) is 0. The fraction of sp³-hybridized carbons (Fsp3) is 0.636. The van der Waals surface area contributed by atoms with E-state index in [0.29, 0.717) is 0 Å². The van der Waals surface area contributed by atoms with Gasteiger partial charge in [0.2, 0.25) is 8.32 Å². The Hall–Kier alpha value is 0.0269. The largest absolute Gasteiger partial charge is 0.520 e. The SMILES string of the molecule is C/C(=C\I)C[C@@H]1CC=C(O[Si](C)(C)C)O1. The van der Waals surface area contributed by atoms with E-state index in [4.69, 9.17) is 9.16 Å². The van der Waals surface area contributed by atoms with Crippen LogP contribution in [-0.2, 0) is 9.16 Å². The molecular formula is C11H19IO2Si. The molecule has 0 saturated carbocycles. The standard InChI is InChI=1S/C11H19IO2Si/c1-9(8-12)7-10-5-6-11(13-10)14-15(2,3)4/h6,8,10H,5,7H2,1-4H3/b9-8+/t10-/m0/s1. The van der Waals surface area contributed by atoms with Gasteiger partial charge < -0.3 is 9.16 Å². The molecule has 0 unspecified atom stereocenters. The summed E-state index contributed by atoms with van der Waals surface area (Å²) in [5.74, 6) is 0.750. The molecular weight excluding hydrogens is 319 g/mol. The van der Waals surface area contributed by atoms with E-state index in [1.807, 2.05) is 0 Å². The molecule has 0 saturated heterocycles. The summed E-state index contributed by atoms with van der Waals surface area (Å²) < 4.78 is 13.6. The van der Waals surface area contributed by atoms with Gasteiger partial charge in [-0.25, -0.2) is 0 Å². The molecule has 1 rings (SSSR count). The molecule has 4 heteroatoms. The molecule has 0 aromatic heterocycles. The van der Waals surface area contributed by atoms with Gasteiger partial charge in [0.05, 0.1) is 0 Å². The number of rotatable bonds is 4. The van der Waals surface area contributed by atoms with Crippen LogP contribution < -0.4 is 0 Å². The van der Waals surface area contributed by atoms with Gasteiger partial charge in [0, 0.05) is 12.8 Å². The minimum atomic E-state index is -1.51. The van der Waals surface area contributed by atoms with E-state index in [0.717, 1.165) is 18.8 Å². The van der Waals surface area contributed by atoms with Crippen LogP contribution in [0.3, 0.4) is 0 Å². The van der Waals surface area contributed by atoms with Gasteiger partial charge in [-0.1, -0.05) is 28.2 Å². The Kier molecular flexibility index (Phi) is 4.70. The smallest absolute Gasteiger partial charge is 0.261 e. The van der Waals surface area contributed by atoms with Crippen LogP contribution in [0.15, 0.2) is 21.7 Å². The highest BCUT2D eigenvalue weighted by molar-refractivity contribution is 14.1. The van der Waals surface area contributed by atoms with Gasteiger partial charge in [-0.15, -0.1) is 0 Å². The van der Waals surface area contributed by atoms with Gasteiger partial charge in [0.15, 0.2) is 0 Å². The van der Waals surface area contributed by atoms with E-state index in [1.54, 1.807) is 0 Å². The Morgan fingerprint density at radius 3 is 2.87 bits per heavy atom. The Morgan fingerprint density at radius 2 is 2.33 bits per heavy atom. The Morgan fingerprint density at radius 1 is 1.67 bits per heavy atom. The van der Waals surface area contributed by atoms with Crippen LogP contribution in [0.1, 0.15) is 19.8 Å². The second kappa shape index (κ2) is 5.38.